The van der Waals surface area contributed by atoms with Crippen LogP contribution in [0.15, 0.2) is 12.1 Å². The van der Waals surface area contributed by atoms with E-state index >= 15 is 0 Å². The zero-order chi connectivity index (χ0) is 13.0. The fraction of sp³-hybridized carbons (Fsp3) is 0.571. The van der Waals surface area contributed by atoms with Crippen molar-refractivity contribution in [2.45, 2.75) is 13.3 Å². The standard InChI is InChI=1S/C14H22N2O2/c1-11-9-12(10-13(17)14(11)18-2)3-6-16-7-4-15-5-8-16/h9-10,15,17H,3-8H2,1-2H3. The van der Waals surface area contributed by atoms with Crippen LogP contribution < -0.4 is 10.1 Å². The summed E-state index contributed by atoms with van der Waals surface area (Å²) in [6, 6.07) is 3.91. The van der Waals surface area contributed by atoms with Crippen LogP contribution in [0.3, 0.4) is 0 Å². The molecule has 0 atom stereocenters. The third-order valence-corrected chi connectivity index (χ3v) is 3.45. The Morgan fingerprint density at radius 2 is 2.06 bits per heavy atom. The van der Waals surface area contributed by atoms with E-state index in [1.807, 2.05) is 13.0 Å². The van der Waals surface area contributed by atoms with Crippen LogP contribution in [-0.4, -0.2) is 49.8 Å². The van der Waals surface area contributed by atoms with Crippen LogP contribution in [0.5, 0.6) is 11.5 Å². The lowest BCUT2D eigenvalue weighted by molar-refractivity contribution is 0.244. The zero-order valence-electron chi connectivity index (χ0n) is 11.2. The van der Waals surface area contributed by atoms with Crippen molar-refractivity contribution in [2.75, 3.05) is 39.8 Å². The van der Waals surface area contributed by atoms with Gasteiger partial charge in [0.25, 0.3) is 0 Å². The molecule has 4 nitrogen and oxygen atoms in total. The van der Waals surface area contributed by atoms with Crippen molar-refractivity contribution in [2.24, 2.45) is 0 Å². The van der Waals surface area contributed by atoms with Crippen LogP contribution in [0.4, 0.5) is 0 Å². The second-order valence-corrected chi connectivity index (χ2v) is 4.81. The van der Waals surface area contributed by atoms with E-state index < -0.39 is 0 Å². The van der Waals surface area contributed by atoms with Crippen molar-refractivity contribution < 1.29 is 9.84 Å². The summed E-state index contributed by atoms with van der Waals surface area (Å²) in [5.41, 5.74) is 2.16. The van der Waals surface area contributed by atoms with Gasteiger partial charge < -0.3 is 20.1 Å². The molecular formula is C14H22N2O2. The molecule has 1 saturated heterocycles. The van der Waals surface area contributed by atoms with Gasteiger partial charge in [0.05, 0.1) is 7.11 Å². The molecule has 0 saturated carbocycles. The van der Waals surface area contributed by atoms with Gasteiger partial charge in [-0.3, -0.25) is 0 Å². The number of aromatic hydroxyl groups is 1. The van der Waals surface area contributed by atoms with Gasteiger partial charge in [0.15, 0.2) is 11.5 Å². The first-order chi connectivity index (χ1) is 8.70. The third-order valence-electron chi connectivity index (χ3n) is 3.45. The van der Waals surface area contributed by atoms with E-state index in [0.717, 1.165) is 44.7 Å². The van der Waals surface area contributed by atoms with Gasteiger partial charge in [-0.15, -0.1) is 0 Å². The monoisotopic (exact) mass is 250 g/mol. The highest BCUT2D eigenvalue weighted by atomic mass is 16.5. The van der Waals surface area contributed by atoms with Crippen molar-refractivity contribution in [3.8, 4) is 11.5 Å². The fourth-order valence-corrected chi connectivity index (χ4v) is 2.46. The number of phenolic OH excluding ortho intramolecular Hbond substituents is 1. The van der Waals surface area contributed by atoms with Crippen molar-refractivity contribution in [3.63, 3.8) is 0 Å². The van der Waals surface area contributed by atoms with Gasteiger partial charge >= 0.3 is 0 Å². The molecule has 4 heteroatoms. The molecule has 18 heavy (non-hydrogen) atoms. The molecular weight excluding hydrogens is 228 g/mol. The van der Waals surface area contributed by atoms with Crippen molar-refractivity contribution in [1.82, 2.24) is 10.2 Å². The van der Waals surface area contributed by atoms with Gasteiger partial charge in [0.2, 0.25) is 0 Å². The molecule has 1 aliphatic rings. The van der Waals surface area contributed by atoms with E-state index in [1.165, 1.54) is 5.56 Å². The summed E-state index contributed by atoms with van der Waals surface area (Å²) in [7, 11) is 1.59. The molecule has 0 aliphatic carbocycles. The van der Waals surface area contributed by atoms with Crippen LogP contribution >= 0.6 is 0 Å². The Balaban J connectivity index is 1.96. The predicted octanol–water partition coefficient (Wildman–Crippen LogP) is 1.16. The van der Waals surface area contributed by atoms with Gasteiger partial charge in [-0.2, -0.15) is 0 Å². The molecule has 2 N–H and O–H groups in total. The number of piperazine rings is 1. The number of rotatable bonds is 4. The number of phenols is 1. The number of hydrogen-bond acceptors (Lipinski definition) is 4. The molecule has 0 unspecified atom stereocenters. The summed E-state index contributed by atoms with van der Waals surface area (Å²) in [6.45, 7) is 7.39. The molecule has 100 valence electrons. The van der Waals surface area contributed by atoms with Crippen LogP contribution in [0, 0.1) is 6.92 Å². The first kappa shape index (κ1) is 13.2. The van der Waals surface area contributed by atoms with E-state index in [0.29, 0.717) is 5.75 Å². The smallest absolute Gasteiger partial charge is 0.163 e. The number of nitrogens with zero attached hydrogens (tertiary/aromatic N) is 1. The lowest BCUT2D eigenvalue weighted by Gasteiger charge is -2.27. The Kier molecular flexibility index (Phi) is 4.44. The molecule has 0 bridgehead atoms. The number of aryl methyl sites for hydroxylation is 1. The first-order valence-corrected chi connectivity index (χ1v) is 6.50. The molecule has 0 aromatic heterocycles. The maximum atomic E-state index is 9.86. The maximum Gasteiger partial charge on any atom is 0.163 e. The molecule has 2 rings (SSSR count). The SMILES string of the molecule is COc1c(C)cc(CCN2CCNCC2)cc1O. The van der Waals surface area contributed by atoms with Gasteiger partial charge in [0, 0.05) is 32.7 Å². The van der Waals surface area contributed by atoms with E-state index in [2.05, 4.69) is 16.3 Å². The quantitative estimate of drug-likeness (QED) is 0.841. The number of ether oxygens (including phenoxy) is 1. The van der Waals surface area contributed by atoms with Gasteiger partial charge in [-0.1, -0.05) is 6.07 Å². The van der Waals surface area contributed by atoms with Crippen LogP contribution in [0.2, 0.25) is 0 Å². The highest BCUT2D eigenvalue weighted by Crippen LogP contribution is 2.31. The number of hydrogen-bond donors (Lipinski definition) is 2. The molecule has 0 spiro atoms. The Labute approximate surface area is 109 Å². The minimum atomic E-state index is 0.243. The van der Waals surface area contributed by atoms with Crippen LogP contribution in [-0.2, 0) is 6.42 Å². The Bertz CT molecular complexity index is 378. The van der Waals surface area contributed by atoms with E-state index in [9.17, 15) is 5.11 Å². The number of nitrogens with one attached hydrogen (secondary N) is 1. The van der Waals surface area contributed by atoms with E-state index in [1.54, 1.807) is 7.11 Å². The maximum absolute atomic E-state index is 9.86. The first-order valence-electron chi connectivity index (χ1n) is 6.50. The van der Waals surface area contributed by atoms with Crippen LogP contribution in [0.1, 0.15) is 11.1 Å². The Hall–Kier alpha value is -1.26. The third kappa shape index (κ3) is 3.15. The average molecular weight is 250 g/mol. The molecule has 0 amide bonds. The fourth-order valence-electron chi connectivity index (χ4n) is 2.46. The lowest BCUT2D eigenvalue weighted by Crippen LogP contribution is -2.44. The van der Waals surface area contributed by atoms with Crippen molar-refractivity contribution in [1.29, 1.82) is 0 Å². The number of methoxy groups -OCH3 is 1. The minimum absolute atomic E-state index is 0.243. The largest absolute Gasteiger partial charge is 0.504 e. The van der Waals surface area contributed by atoms with Gasteiger partial charge in [-0.05, 0) is 30.5 Å². The molecule has 1 aromatic carbocycles. The lowest BCUT2D eigenvalue weighted by atomic mass is 10.1. The van der Waals surface area contributed by atoms with Crippen LogP contribution in [0.25, 0.3) is 0 Å². The minimum Gasteiger partial charge on any atom is -0.504 e. The molecule has 1 fully saturated rings. The summed E-state index contributed by atoms with van der Waals surface area (Å²) >= 11 is 0. The summed E-state index contributed by atoms with van der Waals surface area (Å²) in [4.78, 5) is 2.45. The highest BCUT2D eigenvalue weighted by Gasteiger charge is 2.11. The average Bonchev–Trinajstić information content (AvgIpc) is 2.37. The van der Waals surface area contributed by atoms with Gasteiger partial charge in [0.1, 0.15) is 0 Å². The summed E-state index contributed by atoms with van der Waals surface area (Å²) in [5, 5.41) is 13.2. The molecule has 1 heterocycles. The van der Waals surface area contributed by atoms with Crippen molar-refractivity contribution in [3.05, 3.63) is 23.3 Å². The predicted molar refractivity (Wildman–Crippen MR) is 72.4 cm³/mol. The Morgan fingerprint density at radius 1 is 1.33 bits per heavy atom. The van der Waals surface area contributed by atoms with Gasteiger partial charge in [-0.25, -0.2) is 0 Å². The normalized spacial score (nSPS) is 16.8. The summed E-state index contributed by atoms with van der Waals surface area (Å²) < 4.78 is 5.16. The molecule has 1 aromatic rings. The van der Waals surface area contributed by atoms with E-state index in [-0.39, 0.29) is 5.75 Å². The second kappa shape index (κ2) is 6.07. The zero-order valence-corrected chi connectivity index (χ0v) is 11.2. The summed E-state index contributed by atoms with van der Waals surface area (Å²) in [5.74, 6) is 0.828. The highest BCUT2D eigenvalue weighted by molar-refractivity contribution is 5.48. The Morgan fingerprint density at radius 3 is 2.67 bits per heavy atom. The molecule has 1 aliphatic heterocycles. The summed E-state index contributed by atoms with van der Waals surface area (Å²) in [6.07, 6.45) is 0.971. The topological polar surface area (TPSA) is 44.7 Å². The van der Waals surface area contributed by atoms with E-state index in [4.69, 9.17) is 4.74 Å². The number of benzene rings is 1. The second-order valence-electron chi connectivity index (χ2n) is 4.81. The van der Waals surface area contributed by atoms with Crippen molar-refractivity contribution >= 4 is 0 Å². The molecule has 0 radical (unpaired) electrons.